The molecule has 0 saturated carbocycles. The fraction of sp³-hybridized carbons (Fsp3) is 0.318. The second-order valence-corrected chi connectivity index (χ2v) is 8.96. The number of hydrogen-bond acceptors (Lipinski definition) is 6. The van der Waals surface area contributed by atoms with Crippen molar-refractivity contribution in [2.45, 2.75) is 31.8 Å². The first kappa shape index (κ1) is 22.6. The number of ketones is 1. The fourth-order valence-corrected chi connectivity index (χ4v) is 4.88. The van der Waals surface area contributed by atoms with Gasteiger partial charge in [0.25, 0.3) is 11.8 Å². The van der Waals surface area contributed by atoms with E-state index in [9.17, 15) is 22.8 Å². The van der Waals surface area contributed by atoms with Crippen molar-refractivity contribution in [3.8, 4) is 5.75 Å². The molecule has 9 heteroatoms. The van der Waals surface area contributed by atoms with E-state index in [-0.39, 0.29) is 21.8 Å². The smallest absolute Gasteiger partial charge is 0.270 e. The number of fused-ring (bicyclic) bond motifs is 1. The quantitative estimate of drug-likeness (QED) is 0.480. The van der Waals surface area contributed by atoms with Crippen LogP contribution in [0.3, 0.4) is 0 Å². The van der Waals surface area contributed by atoms with E-state index in [0.29, 0.717) is 13.1 Å². The van der Waals surface area contributed by atoms with E-state index < -0.39 is 40.3 Å². The number of para-hydroxylation sites is 1. The van der Waals surface area contributed by atoms with Crippen molar-refractivity contribution < 1.29 is 27.5 Å². The van der Waals surface area contributed by atoms with Crippen molar-refractivity contribution in [3.63, 3.8) is 0 Å². The molecule has 1 aliphatic rings. The summed E-state index contributed by atoms with van der Waals surface area (Å²) in [6, 6.07) is 12.1. The van der Waals surface area contributed by atoms with Gasteiger partial charge in [0.15, 0.2) is 11.9 Å². The average Bonchev–Trinajstić information content (AvgIpc) is 2.85. The van der Waals surface area contributed by atoms with Gasteiger partial charge in [-0.2, -0.15) is 4.31 Å². The number of hydrogen-bond donors (Lipinski definition) is 0. The highest BCUT2D eigenvalue weighted by Gasteiger charge is 2.35. The molecule has 1 heterocycles. The van der Waals surface area contributed by atoms with Crippen molar-refractivity contribution in [2.75, 3.05) is 19.6 Å². The molecule has 0 saturated heterocycles. The summed E-state index contributed by atoms with van der Waals surface area (Å²) < 4.78 is 32.4. The lowest BCUT2D eigenvalue weighted by Crippen LogP contribution is -2.44. The Morgan fingerprint density at radius 2 is 1.74 bits per heavy atom. The molecule has 1 aliphatic heterocycles. The third-order valence-corrected chi connectivity index (χ3v) is 7.13. The zero-order chi connectivity index (χ0) is 22.8. The molecule has 2 aromatic rings. The topological polar surface area (TPSA) is 101 Å². The summed E-state index contributed by atoms with van der Waals surface area (Å²) in [6.07, 6.45) is -0.949. The number of carbonyl (C=O) groups excluding carboxylic acids is 3. The maximum absolute atomic E-state index is 12.9. The van der Waals surface area contributed by atoms with Gasteiger partial charge in [-0.1, -0.05) is 38.1 Å². The predicted octanol–water partition coefficient (Wildman–Crippen LogP) is 2.35. The normalized spacial score (nSPS) is 16.6. The van der Waals surface area contributed by atoms with Crippen LogP contribution < -0.4 is 4.74 Å². The molecule has 1 unspecified atom stereocenters. The lowest BCUT2D eigenvalue weighted by atomic mass is 10.1. The molecule has 31 heavy (non-hydrogen) atoms. The number of ether oxygens (including phenoxy) is 1. The molecule has 0 aromatic heterocycles. The molecule has 0 N–H and O–H groups in total. The third-order valence-electron chi connectivity index (χ3n) is 5.08. The van der Waals surface area contributed by atoms with Crippen LogP contribution in [0.1, 0.15) is 41.5 Å². The summed E-state index contributed by atoms with van der Waals surface area (Å²) in [5.74, 6) is -1.55. The van der Waals surface area contributed by atoms with Gasteiger partial charge in [0.2, 0.25) is 10.0 Å². The highest BCUT2D eigenvalue weighted by atomic mass is 32.2. The molecule has 0 fully saturated rings. The number of benzene rings is 2. The first-order valence-corrected chi connectivity index (χ1v) is 11.4. The molecule has 0 aliphatic carbocycles. The summed E-state index contributed by atoms with van der Waals surface area (Å²) in [5.41, 5.74) is 0.283. The van der Waals surface area contributed by atoms with E-state index in [1.807, 2.05) is 0 Å². The molecule has 2 aromatic carbocycles. The molecular weight excluding hydrogens is 420 g/mol. The van der Waals surface area contributed by atoms with Crippen LogP contribution in [0.4, 0.5) is 0 Å². The molecule has 164 valence electrons. The Morgan fingerprint density at radius 3 is 2.42 bits per heavy atom. The Hall–Kier alpha value is -3.04. The molecule has 3 rings (SSSR count). The van der Waals surface area contributed by atoms with Crippen LogP contribution in [0.2, 0.25) is 0 Å². The summed E-state index contributed by atoms with van der Waals surface area (Å²) in [6.45, 7) is 5.04. The molecule has 0 spiro atoms. The monoisotopic (exact) mass is 444 g/mol. The molecule has 0 bridgehead atoms. The number of Topliss-reactive ketones (excluding diaryl/α,β-unsaturated/α-hetero) is 1. The van der Waals surface area contributed by atoms with Gasteiger partial charge in [-0.05, 0) is 31.2 Å². The maximum atomic E-state index is 12.9. The summed E-state index contributed by atoms with van der Waals surface area (Å²) in [7, 11) is -3.75. The average molecular weight is 445 g/mol. The zero-order valence-electron chi connectivity index (χ0n) is 17.6. The van der Waals surface area contributed by atoms with Gasteiger partial charge in [0.1, 0.15) is 5.75 Å². The van der Waals surface area contributed by atoms with Crippen LogP contribution in [0.25, 0.3) is 0 Å². The van der Waals surface area contributed by atoms with Crippen LogP contribution >= 0.6 is 0 Å². The van der Waals surface area contributed by atoms with Crippen LogP contribution in [0, 0.1) is 0 Å². The number of imide groups is 1. The van der Waals surface area contributed by atoms with Gasteiger partial charge in [-0.25, -0.2) is 8.42 Å². The predicted molar refractivity (Wildman–Crippen MR) is 113 cm³/mol. The van der Waals surface area contributed by atoms with Crippen molar-refractivity contribution in [1.82, 2.24) is 9.21 Å². The Balaban J connectivity index is 1.91. The first-order valence-electron chi connectivity index (χ1n) is 9.95. The minimum atomic E-state index is -3.75. The largest absolute Gasteiger partial charge is 0.480 e. The second kappa shape index (κ2) is 8.99. The minimum absolute atomic E-state index is 0.0161. The third kappa shape index (κ3) is 4.38. The highest BCUT2D eigenvalue weighted by Crippen LogP contribution is 2.26. The lowest BCUT2D eigenvalue weighted by Gasteiger charge is -2.20. The molecule has 1 atom stereocenters. The van der Waals surface area contributed by atoms with E-state index >= 15 is 0 Å². The number of sulfonamides is 1. The Labute approximate surface area is 181 Å². The van der Waals surface area contributed by atoms with E-state index in [1.54, 1.807) is 32.0 Å². The Bertz CT molecular complexity index is 1120. The fourth-order valence-electron chi connectivity index (χ4n) is 3.38. The van der Waals surface area contributed by atoms with Crippen molar-refractivity contribution in [2.24, 2.45) is 0 Å². The summed E-state index contributed by atoms with van der Waals surface area (Å²) >= 11 is 0. The number of nitrogens with zero attached hydrogens (tertiary/aromatic N) is 2. The minimum Gasteiger partial charge on any atom is -0.480 e. The Morgan fingerprint density at radius 1 is 1.06 bits per heavy atom. The lowest BCUT2D eigenvalue weighted by molar-refractivity contribution is -0.134. The van der Waals surface area contributed by atoms with Crippen LogP contribution in [-0.4, -0.2) is 61.0 Å². The standard InChI is InChI=1S/C22H24N2O6S/c1-4-23(5-2)31(28,29)17-10-8-9-16(13-17)19(25)14-24-21(26)15(3)30-20-12-7-6-11-18(20)22(24)27/h6-13,15H,4-5,14H2,1-3H3. The molecular formula is C22H24N2O6S. The van der Waals surface area contributed by atoms with Gasteiger partial charge in [0.05, 0.1) is 17.0 Å². The van der Waals surface area contributed by atoms with Gasteiger partial charge in [-0.15, -0.1) is 0 Å². The zero-order valence-corrected chi connectivity index (χ0v) is 18.4. The number of rotatable bonds is 7. The van der Waals surface area contributed by atoms with Crippen molar-refractivity contribution in [1.29, 1.82) is 0 Å². The van der Waals surface area contributed by atoms with Crippen LogP contribution in [0.15, 0.2) is 53.4 Å². The van der Waals surface area contributed by atoms with Crippen LogP contribution in [-0.2, 0) is 14.8 Å². The SMILES string of the molecule is CCN(CC)S(=O)(=O)c1cccc(C(=O)CN2C(=O)c3ccccc3OC(C)C2=O)c1. The molecule has 0 radical (unpaired) electrons. The van der Waals surface area contributed by atoms with Gasteiger partial charge in [0, 0.05) is 18.7 Å². The highest BCUT2D eigenvalue weighted by molar-refractivity contribution is 7.89. The van der Waals surface area contributed by atoms with Gasteiger partial charge >= 0.3 is 0 Å². The van der Waals surface area contributed by atoms with Crippen LogP contribution in [0.5, 0.6) is 5.75 Å². The second-order valence-electron chi connectivity index (χ2n) is 7.03. The first-order chi connectivity index (χ1) is 14.7. The van der Waals surface area contributed by atoms with Gasteiger partial charge < -0.3 is 4.74 Å². The molecule has 8 nitrogen and oxygen atoms in total. The number of carbonyl (C=O) groups is 3. The van der Waals surface area contributed by atoms with Crippen molar-refractivity contribution in [3.05, 3.63) is 59.7 Å². The van der Waals surface area contributed by atoms with E-state index in [4.69, 9.17) is 4.74 Å². The Kier molecular flexibility index (Phi) is 6.56. The van der Waals surface area contributed by atoms with E-state index in [0.717, 1.165) is 4.90 Å². The molecule has 2 amide bonds. The van der Waals surface area contributed by atoms with E-state index in [1.165, 1.54) is 41.6 Å². The van der Waals surface area contributed by atoms with Gasteiger partial charge in [-0.3, -0.25) is 19.3 Å². The van der Waals surface area contributed by atoms with Crippen molar-refractivity contribution >= 4 is 27.6 Å². The summed E-state index contributed by atoms with van der Waals surface area (Å²) in [5, 5.41) is 0. The van der Waals surface area contributed by atoms with E-state index in [2.05, 4.69) is 0 Å². The summed E-state index contributed by atoms with van der Waals surface area (Å²) in [4.78, 5) is 39.4. The number of amides is 2. The maximum Gasteiger partial charge on any atom is 0.270 e.